The molecule has 47 heavy (non-hydrogen) atoms. The van der Waals surface area contributed by atoms with Gasteiger partial charge in [0, 0.05) is 33.4 Å². The van der Waals surface area contributed by atoms with Crippen molar-refractivity contribution in [2.45, 2.75) is 0 Å². The number of para-hydroxylation sites is 3. The number of nitrogens with zero attached hydrogens (tertiary/aromatic N) is 2. The number of rotatable bonds is 4. The maximum absolute atomic E-state index is 6.58. The van der Waals surface area contributed by atoms with Crippen LogP contribution in [-0.2, 0) is 0 Å². The summed E-state index contributed by atoms with van der Waals surface area (Å²) in [7, 11) is 0. The lowest BCUT2D eigenvalue weighted by Gasteiger charge is -2.26. The van der Waals surface area contributed by atoms with Gasteiger partial charge in [-0.1, -0.05) is 103 Å². The van der Waals surface area contributed by atoms with Gasteiger partial charge in [0.05, 0.1) is 17.6 Å². The first-order chi connectivity index (χ1) is 23.3. The van der Waals surface area contributed by atoms with Crippen molar-refractivity contribution in [1.29, 1.82) is 0 Å². The molecule has 0 atom stereocenters. The summed E-state index contributed by atoms with van der Waals surface area (Å²) in [6, 6.07) is 51.3. The summed E-state index contributed by atoms with van der Waals surface area (Å²) in [5.74, 6) is 0. The van der Waals surface area contributed by atoms with E-state index in [2.05, 4.69) is 137 Å². The molecule has 0 radical (unpaired) electrons. The van der Waals surface area contributed by atoms with Gasteiger partial charge in [0.25, 0.3) is 0 Å². The molecule has 0 saturated carbocycles. The van der Waals surface area contributed by atoms with Crippen molar-refractivity contribution < 1.29 is 8.83 Å². The molecule has 0 N–H and O–H groups in total. The second-order valence-electron chi connectivity index (χ2n) is 12.0. The molecule has 0 spiro atoms. The van der Waals surface area contributed by atoms with Gasteiger partial charge in [-0.3, -0.25) is 4.98 Å². The van der Waals surface area contributed by atoms with E-state index < -0.39 is 0 Å². The molecule has 0 unspecified atom stereocenters. The van der Waals surface area contributed by atoms with Crippen molar-refractivity contribution in [3.05, 3.63) is 158 Å². The van der Waals surface area contributed by atoms with Gasteiger partial charge in [0.1, 0.15) is 5.58 Å². The first-order valence-electron chi connectivity index (χ1n) is 15.8. The normalized spacial score (nSPS) is 11.8. The fourth-order valence-electron chi connectivity index (χ4n) is 7.21. The number of fused-ring (bicyclic) bond motifs is 9. The third kappa shape index (κ3) is 3.92. The highest BCUT2D eigenvalue weighted by atomic mass is 16.3. The van der Waals surface area contributed by atoms with Crippen molar-refractivity contribution in [3.63, 3.8) is 0 Å². The van der Waals surface area contributed by atoms with E-state index in [0.717, 1.165) is 66.5 Å². The van der Waals surface area contributed by atoms with Crippen LogP contribution in [0.2, 0.25) is 0 Å². The van der Waals surface area contributed by atoms with Crippen LogP contribution in [0.3, 0.4) is 0 Å². The molecular weight excluding hydrogens is 576 g/mol. The standard InChI is InChI=1S/C43H26N2O2/c1-2-10-30-28(9-1)25-37(32-12-4-3-11-31(30)32)27-19-21-29(22-20-27)45(38-16-7-14-35-33-13-5-6-18-40(33)46-42(35)38)39-17-8-15-36-34-23-24-44-26-41(34)47-43(36)39/h1-26H. The zero-order valence-electron chi connectivity index (χ0n) is 25.2. The molecule has 0 bridgehead atoms. The van der Waals surface area contributed by atoms with Crippen LogP contribution in [-0.4, -0.2) is 4.98 Å². The van der Waals surface area contributed by atoms with Crippen molar-refractivity contribution in [2.24, 2.45) is 0 Å². The van der Waals surface area contributed by atoms with E-state index in [9.17, 15) is 0 Å². The van der Waals surface area contributed by atoms with Crippen molar-refractivity contribution in [3.8, 4) is 11.1 Å². The van der Waals surface area contributed by atoms with E-state index in [4.69, 9.17) is 8.83 Å². The molecule has 3 heterocycles. The predicted molar refractivity (Wildman–Crippen MR) is 194 cm³/mol. The van der Waals surface area contributed by atoms with Gasteiger partial charge in [-0.05, 0) is 75.1 Å². The van der Waals surface area contributed by atoms with Gasteiger partial charge in [-0.25, -0.2) is 0 Å². The molecule has 0 saturated heterocycles. The predicted octanol–water partition coefficient (Wildman–Crippen LogP) is 12.3. The lowest BCUT2D eigenvalue weighted by Crippen LogP contribution is -2.10. The van der Waals surface area contributed by atoms with Crippen LogP contribution in [0.5, 0.6) is 0 Å². The molecule has 7 aromatic carbocycles. The summed E-state index contributed by atoms with van der Waals surface area (Å²) in [6.45, 7) is 0. The van der Waals surface area contributed by atoms with E-state index in [-0.39, 0.29) is 0 Å². The van der Waals surface area contributed by atoms with Gasteiger partial charge in [-0.2, -0.15) is 0 Å². The Morgan fingerprint density at radius 2 is 1.04 bits per heavy atom. The van der Waals surface area contributed by atoms with Crippen LogP contribution in [0.1, 0.15) is 0 Å². The summed E-state index contributed by atoms with van der Waals surface area (Å²) < 4.78 is 13.1. The van der Waals surface area contributed by atoms with Crippen molar-refractivity contribution in [2.75, 3.05) is 4.90 Å². The molecule has 10 aromatic rings. The topological polar surface area (TPSA) is 42.4 Å². The largest absolute Gasteiger partial charge is 0.454 e. The molecule has 0 aliphatic carbocycles. The van der Waals surface area contributed by atoms with Crippen LogP contribution in [0.15, 0.2) is 167 Å². The Bertz CT molecular complexity index is 2690. The molecule has 0 aliphatic heterocycles. The molecule has 4 heteroatoms. The average molecular weight is 603 g/mol. The zero-order valence-corrected chi connectivity index (χ0v) is 25.2. The Labute approximate surface area is 269 Å². The summed E-state index contributed by atoms with van der Waals surface area (Å²) in [5, 5.41) is 9.24. The maximum Gasteiger partial charge on any atom is 0.159 e. The molecule has 4 nitrogen and oxygen atoms in total. The van der Waals surface area contributed by atoms with Crippen LogP contribution in [0, 0.1) is 0 Å². The van der Waals surface area contributed by atoms with E-state index in [1.165, 1.54) is 27.1 Å². The summed E-state index contributed by atoms with van der Waals surface area (Å²) >= 11 is 0. The Hall–Kier alpha value is -6.39. The van der Waals surface area contributed by atoms with E-state index in [1.54, 1.807) is 6.20 Å². The first kappa shape index (κ1) is 25.9. The summed E-state index contributed by atoms with van der Waals surface area (Å²) in [6.07, 6.45) is 3.60. The minimum absolute atomic E-state index is 0.760. The van der Waals surface area contributed by atoms with Crippen LogP contribution < -0.4 is 4.90 Å². The SMILES string of the molecule is c1ccc2c(c1)cc(-c1ccc(N(c3cccc4c3oc3ccccc34)c3cccc4c3oc3cnccc34)cc1)c1ccccc12. The third-order valence-corrected chi connectivity index (χ3v) is 9.35. The smallest absolute Gasteiger partial charge is 0.159 e. The number of hydrogen-bond acceptors (Lipinski definition) is 4. The molecule has 0 aliphatic rings. The number of anilines is 3. The number of furan rings is 2. The molecule has 3 aromatic heterocycles. The second-order valence-corrected chi connectivity index (χ2v) is 12.0. The summed E-state index contributed by atoms with van der Waals surface area (Å²) in [5.41, 5.74) is 8.48. The minimum Gasteiger partial charge on any atom is -0.454 e. The Morgan fingerprint density at radius 3 is 1.81 bits per heavy atom. The van der Waals surface area contributed by atoms with Crippen molar-refractivity contribution in [1.82, 2.24) is 4.98 Å². The third-order valence-electron chi connectivity index (χ3n) is 9.35. The highest BCUT2D eigenvalue weighted by molar-refractivity contribution is 6.15. The van der Waals surface area contributed by atoms with E-state index in [1.807, 2.05) is 24.4 Å². The molecule has 0 amide bonds. The highest BCUT2D eigenvalue weighted by Gasteiger charge is 2.23. The van der Waals surface area contributed by atoms with Crippen LogP contribution >= 0.6 is 0 Å². The summed E-state index contributed by atoms with van der Waals surface area (Å²) in [4.78, 5) is 6.58. The molecule has 10 rings (SSSR count). The van der Waals surface area contributed by atoms with E-state index >= 15 is 0 Å². The number of aromatic nitrogens is 1. The van der Waals surface area contributed by atoms with Gasteiger partial charge in [0.2, 0.25) is 0 Å². The Kier molecular flexibility index (Phi) is 5.54. The lowest BCUT2D eigenvalue weighted by atomic mass is 9.93. The quantitative estimate of drug-likeness (QED) is 0.188. The Balaban J connectivity index is 1.21. The first-order valence-corrected chi connectivity index (χ1v) is 15.8. The number of benzene rings is 7. The van der Waals surface area contributed by atoms with Crippen LogP contribution in [0.25, 0.3) is 76.5 Å². The second kappa shape index (κ2) is 10.1. The van der Waals surface area contributed by atoms with Gasteiger partial charge in [-0.15, -0.1) is 0 Å². The number of pyridine rings is 1. The number of hydrogen-bond donors (Lipinski definition) is 0. The molecule has 220 valence electrons. The van der Waals surface area contributed by atoms with Crippen molar-refractivity contribution >= 4 is 82.5 Å². The molecule has 0 fully saturated rings. The highest BCUT2D eigenvalue weighted by Crippen LogP contribution is 2.46. The lowest BCUT2D eigenvalue weighted by molar-refractivity contribution is 0.665. The maximum atomic E-state index is 6.58. The van der Waals surface area contributed by atoms with Gasteiger partial charge < -0.3 is 13.7 Å². The van der Waals surface area contributed by atoms with Gasteiger partial charge in [0.15, 0.2) is 16.7 Å². The van der Waals surface area contributed by atoms with Gasteiger partial charge >= 0.3 is 0 Å². The van der Waals surface area contributed by atoms with Crippen LogP contribution in [0.4, 0.5) is 17.1 Å². The zero-order chi connectivity index (χ0) is 30.9. The minimum atomic E-state index is 0.760. The average Bonchev–Trinajstić information content (AvgIpc) is 3.71. The Morgan fingerprint density at radius 1 is 0.447 bits per heavy atom. The monoisotopic (exact) mass is 602 g/mol. The van der Waals surface area contributed by atoms with E-state index in [0.29, 0.717) is 0 Å². The fourth-order valence-corrected chi connectivity index (χ4v) is 7.21. The fraction of sp³-hybridized carbons (Fsp3) is 0. The molecular formula is C43H26N2O2.